The molecule has 126 valence electrons. The van der Waals surface area contributed by atoms with Gasteiger partial charge in [-0.15, -0.1) is 0 Å². The molecule has 2 atom stereocenters. The second kappa shape index (κ2) is 6.47. The summed E-state index contributed by atoms with van der Waals surface area (Å²) in [6, 6.07) is 11.0. The Morgan fingerprint density at radius 1 is 1.29 bits per heavy atom. The van der Waals surface area contributed by atoms with Crippen molar-refractivity contribution < 1.29 is 19.2 Å². The van der Waals surface area contributed by atoms with Gasteiger partial charge >= 0.3 is 5.97 Å². The molecule has 24 heavy (non-hydrogen) atoms. The average Bonchev–Trinajstić information content (AvgIpc) is 3.05. The maximum atomic E-state index is 12.5. The third kappa shape index (κ3) is 3.18. The number of hydrogen-bond donors (Lipinski definition) is 2. The van der Waals surface area contributed by atoms with Crippen LogP contribution < -0.4 is 5.32 Å². The molecule has 0 radical (unpaired) electrons. The first-order valence-corrected chi connectivity index (χ1v) is 8.07. The van der Waals surface area contributed by atoms with Gasteiger partial charge in [0.25, 0.3) is 5.91 Å². The first kappa shape index (κ1) is 16.2. The average molecular weight is 328 g/mol. The molecule has 1 aromatic carbocycles. The lowest BCUT2D eigenvalue weighted by atomic mass is 9.74. The van der Waals surface area contributed by atoms with Crippen molar-refractivity contribution >= 4 is 11.9 Å². The van der Waals surface area contributed by atoms with Crippen LogP contribution in [0.3, 0.4) is 0 Å². The zero-order valence-electron chi connectivity index (χ0n) is 13.5. The summed E-state index contributed by atoms with van der Waals surface area (Å²) >= 11 is 0. The van der Waals surface area contributed by atoms with Crippen LogP contribution in [0.25, 0.3) is 11.3 Å². The summed E-state index contributed by atoms with van der Waals surface area (Å²) in [6.45, 7) is 1.79. The molecule has 1 saturated carbocycles. The minimum absolute atomic E-state index is 0.0878. The van der Waals surface area contributed by atoms with Gasteiger partial charge in [0.2, 0.25) is 5.76 Å². The number of nitrogens with one attached hydrogen (secondary N) is 1. The quantitative estimate of drug-likeness (QED) is 0.899. The summed E-state index contributed by atoms with van der Waals surface area (Å²) in [5.74, 6) is -1.81. The van der Waals surface area contributed by atoms with Gasteiger partial charge in [0.15, 0.2) is 0 Å². The normalized spacial score (nSPS) is 23.6. The van der Waals surface area contributed by atoms with Crippen LogP contribution in [0, 0.1) is 5.92 Å². The standard InChI is InChI=1S/C18H20N2O4/c1-18(10-6-5-9-13(18)17(22)23)19-16(21)15-11-14(20-24-15)12-7-3-2-4-8-12/h2-4,7-8,11,13H,5-6,9-10H2,1H3,(H,19,21)(H,22,23). The van der Waals surface area contributed by atoms with Crippen molar-refractivity contribution in [3.05, 3.63) is 42.2 Å². The van der Waals surface area contributed by atoms with Gasteiger partial charge in [0.1, 0.15) is 5.69 Å². The van der Waals surface area contributed by atoms with Gasteiger partial charge in [0, 0.05) is 11.6 Å². The molecule has 2 N–H and O–H groups in total. The summed E-state index contributed by atoms with van der Waals surface area (Å²) in [5, 5.41) is 16.2. The smallest absolute Gasteiger partial charge is 0.308 e. The molecule has 1 amide bonds. The zero-order chi connectivity index (χ0) is 17.2. The molecule has 0 bridgehead atoms. The monoisotopic (exact) mass is 328 g/mol. The second-order valence-electron chi connectivity index (χ2n) is 6.45. The highest BCUT2D eigenvalue weighted by atomic mass is 16.5. The predicted molar refractivity (Wildman–Crippen MR) is 87.4 cm³/mol. The molecule has 3 rings (SSSR count). The summed E-state index contributed by atoms with van der Waals surface area (Å²) in [7, 11) is 0. The van der Waals surface area contributed by atoms with Crippen molar-refractivity contribution in [3.63, 3.8) is 0 Å². The van der Waals surface area contributed by atoms with Crippen molar-refractivity contribution in [1.82, 2.24) is 10.5 Å². The van der Waals surface area contributed by atoms with E-state index >= 15 is 0 Å². The molecule has 1 aliphatic carbocycles. The Bertz CT molecular complexity index is 740. The number of carbonyl (C=O) groups excluding carboxylic acids is 1. The van der Waals surface area contributed by atoms with Crippen LogP contribution in [0.1, 0.15) is 43.2 Å². The summed E-state index contributed by atoms with van der Waals surface area (Å²) in [6.07, 6.45) is 2.96. The molecule has 6 nitrogen and oxygen atoms in total. The van der Waals surface area contributed by atoms with E-state index in [9.17, 15) is 14.7 Å². The summed E-state index contributed by atoms with van der Waals surface area (Å²) < 4.78 is 5.15. The van der Waals surface area contributed by atoms with Crippen LogP contribution in [0.5, 0.6) is 0 Å². The molecule has 2 aromatic rings. The number of benzene rings is 1. The van der Waals surface area contributed by atoms with Gasteiger partial charge in [-0.05, 0) is 19.8 Å². The maximum Gasteiger partial charge on any atom is 0.308 e. The summed E-state index contributed by atoms with van der Waals surface area (Å²) in [5.41, 5.74) is 0.651. The van der Waals surface area contributed by atoms with Crippen molar-refractivity contribution in [2.45, 2.75) is 38.1 Å². The van der Waals surface area contributed by atoms with Crippen molar-refractivity contribution in [1.29, 1.82) is 0 Å². The van der Waals surface area contributed by atoms with Gasteiger partial charge < -0.3 is 14.9 Å². The fourth-order valence-electron chi connectivity index (χ4n) is 3.33. The van der Waals surface area contributed by atoms with Crippen molar-refractivity contribution in [2.75, 3.05) is 0 Å². The van der Waals surface area contributed by atoms with Crippen molar-refractivity contribution in [2.24, 2.45) is 5.92 Å². The predicted octanol–water partition coefficient (Wildman–Crippen LogP) is 3.10. The number of rotatable bonds is 4. The number of nitrogens with zero attached hydrogens (tertiary/aromatic N) is 1. The van der Waals surface area contributed by atoms with E-state index in [1.54, 1.807) is 13.0 Å². The highest BCUT2D eigenvalue weighted by Crippen LogP contribution is 2.34. The topological polar surface area (TPSA) is 92.4 Å². The third-order valence-electron chi connectivity index (χ3n) is 4.71. The molecular formula is C18H20N2O4. The van der Waals surface area contributed by atoms with Gasteiger partial charge in [-0.3, -0.25) is 9.59 Å². The van der Waals surface area contributed by atoms with E-state index in [4.69, 9.17) is 4.52 Å². The Labute approximate surface area is 139 Å². The molecule has 2 unspecified atom stereocenters. The number of carbonyl (C=O) groups is 2. The molecule has 1 heterocycles. The first-order chi connectivity index (χ1) is 11.5. The van der Waals surface area contributed by atoms with E-state index in [0.717, 1.165) is 18.4 Å². The van der Waals surface area contributed by atoms with Crippen LogP contribution in [0.2, 0.25) is 0 Å². The lowest BCUT2D eigenvalue weighted by molar-refractivity contribution is -0.145. The number of hydrogen-bond acceptors (Lipinski definition) is 4. The fourth-order valence-corrected chi connectivity index (χ4v) is 3.33. The Morgan fingerprint density at radius 2 is 2.04 bits per heavy atom. The maximum absolute atomic E-state index is 12.5. The largest absolute Gasteiger partial charge is 0.481 e. The Balaban J connectivity index is 1.77. The number of aliphatic carboxylic acids is 1. The highest BCUT2D eigenvalue weighted by Gasteiger charge is 2.42. The molecule has 6 heteroatoms. The van der Waals surface area contributed by atoms with E-state index in [0.29, 0.717) is 18.5 Å². The Kier molecular flexibility index (Phi) is 4.38. The second-order valence-corrected chi connectivity index (χ2v) is 6.45. The minimum Gasteiger partial charge on any atom is -0.481 e. The number of aromatic nitrogens is 1. The Hall–Kier alpha value is -2.63. The van der Waals surface area contributed by atoms with E-state index in [1.165, 1.54) is 0 Å². The van der Waals surface area contributed by atoms with Gasteiger partial charge in [-0.2, -0.15) is 0 Å². The SMILES string of the molecule is CC1(NC(=O)c2cc(-c3ccccc3)no2)CCCCC1C(=O)O. The van der Waals surface area contributed by atoms with Crippen molar-refractivity contribution in [3.8, 4) is 11.3 Å². The van der Waals surface area contributed by atoms with E-state index < -0.39 is 23.3 Å². The number of carboxylic acid groups (broad SMARTS) is 1. The van der Waals surface area contributed by atoms with Gasteiger partial charge in [-0.1, -0.05) is 48.3 Å². The van der Waals surface area contributed by atoms with Crippen LogP contribution in [-0.2, 0) is 4.79 Å². The first-order valence-electron chi connectivity index (χ1n) is 8.07. The zero-order valence-corrected chi connectivity index (χ0v) is 13.5. The van der Waals surface area contributed by atoms with Crippen LogP contribution in [-0.4, -0.2) is 27.7 Å². The van der Waals surface area contributed by atoms with E-state index in [1.807, 2.05) is 30.3 Å². The highest BCUT2D eigenvalue weighted by molar-refractivity contribution is 5.93. The molecule has 1 aliphatic rings. The lowest BCUT2D eigenvalue weighted by Gasteiger charge is -2.39. The molecule has 0 saturated heterocycles. The van der Waals surface area contributed by atoms with Gasteiger partial charge in [0.05, 0.1) is 11.5 Å². The molecule has 1 aromatic heterocycles. The molecule has 0 aliphatic heterocycles. The van der Waals surface area contributed by atoms with Crippen LogP contribution >= 0.6 is 0 Å². The third-order valence-corrected chi connectivity index (χ3v) is 4.71. The number of carboxylic acids is 1. The van der Waals surface area contributed by atoms with E-state index in [-0.39, 0.29) is 5.76 Å². The van der Waals surface area contributed by atoms with Crippen LogP contribution in [0.15, 0.2) is 40.9 Å². The molecule has 0 spiro atoms. The van der Waals surface area contributed by atoms with Gasteiger partial charge in [-0.25, -0.2) is 0 Å². The Morgan fingerprint density at radius 3 is 2.75 bits per heavy atom. The lowest BCUT2D eigenvalue weighted by Crippen LogP contribution is -2.55. The van der Waals surface area contributed by atoms with E-state index in [2.05, 4.69) is 10.5 Å². The van der Waals surface area contributed by atoms with Crippen LogP contribution in [0.4, 0.5) is 0 Å². The summed E-state index contributed by atoms with van der Waals surface area (Å²) in [4.78, 5) is 24.0. The minimum atomic E-state index is -0.875. The molecule has 1 fully saturated rings. The number of amides is 1. The molecular weight excluding hydrogens is 308 g/mol. The fraction of sp³-hybridized carbons (Fsp3) is 0.389.